The predicted molar refractivity (Wildman–Crippen MR) is 124 cm³/mol. The zero-order valence-corrected chi connectivity index (χ0v) is 19.4. The Morgan fingerprint density at radius 2 is 2.03 bits per heavy atom. The molecule has 1 aromatic carbocycles. The quantitative estimate of drug-likeness (QED) is 0.729. The first-order valence-electron chi connectivity index (χ1n) is 11.1. The molecule has 1 unspecified atom stereocenters. The average molecular weight is 440 g/mol. The Morgan fingerprint density at radius 1 is 1.25 bits per heavy atom. The molecule has 2 amide bonds. The first kappa shape index (κ1) is 23.5. The lowest BCUT2D eigenvalue weighted by molar-refractivity contribution is -0.120. The van der Waals surface area contributed by atoms with E-state index in [0.717, 1.165) is 36.5 Å². The summed E-state index contributed by atoms with van der Waals surface area (Å²) in [5, 5.41) is 3.09. The lowest BCUT2D eigenvalue weighted by Gasteiger charge is -2.32. The standard InChI is InChI=1S/C24H33N5O3/c1-5-28(23(31)32-24(2,3)4)16-18-9-6-7-11-20(18)27-22(30)19-10-8-14-29(17-19)21-15-25-12-13-26-21/h6-7,9,11-13,15,19H,5,8,10,14,16-17H2,1-4H3,(H,27,30). The highest BCUT2D eigenvalue weighted by Crippen LogP contribution is 2.24. The fourth-order valence-electron chi connectivity index (χ4n) is 3.71. The van der Waals surface area contributed by atoms with Crippen LogP contribution in [0.2, 0.25) is 0 Å². The molecule has 8 heteroatoms. The third-order valence-corrected chi connectivity index (χ3v) is 5.34. The number of carbonyl (C=O) groups is 2. The van der Waals surface area contributed by atoms with Gasteiger partial charge in [-0.25, -0.2) is 9.78 Å². The van der Waals surface area contributed by atoms with E-state index in [2.05, 4.69) is 20.2 Å². The van der Waals surface area contributed by atoms with E-state index in [0.29, 0.717) is 19.6 Å². The lowest BCUT2D eigenvalue weighted by Crippen LogP contribution is -2.41. The molecule has 2 aromatic rings. The summed E-state index contributed by atoms with van der Waals surface area (Å²) in [6.07, 6.45) is 6.41. The predicted octanol–water partition coefficient (Wildman–Crippen LogP) is 4.09. The van der Waals surface area contributed by atoms with Crippen LogP contribution in [-0.2, 0) is 16.1 Å². The van der Waals surface area contributed by atoms with Crippen LogP contribution in [0.4, 0.5) is 16.3 Å². The van der Waals surface area contributed by atoms with E-state index in [9.17, 15) is 9.59 Å². The summed E-state index contributed by atoms with van der Waals surface area (Å²) in [5.74, 6) is 0.625. The molecule has 172 valence electrons. The molecule has 1 N–H and O–H groups in total. The number of nitrogens with zero attached hydrogens (tertiary/aromatic N) is 4. The Kier molecular flexibility index (Phi) is 7.66. The van der Waals surface area contributed by atoms with E-state index in [1.54, 1.807) is 23.5 Å². The molecule has 2 heterocycles. The van der Waals surface area contributed by atoms with Crippen LogP contribution in [0.1, 0.15) is 46.1 Å². The molecule has 1 saturated heterocycles. The van der Waals surface area contributed by atoms with E-state index >= 15 is 0 Å². The van der Waals surface area contributed by atoms with E-state index in [1.165, 1.54) is 0 Å². The van der Waals surface area contributed by atoms with Crippen molar-refractivity contribution in [3.05, 3.63) is 48.4 Å². The minimum Gasteiger partial charge on any atom is -0.444 e. The molecule has 0 radical (unpaired) electrons. The van der Waals surface area contributed by atoms with Gasteiger partial charge in [0.25, 0.3) is 0 Å². The molecule has 1 fully saturated rings. The summed E-state index contributed by atoms with van der Waals surface area (Å²) in [6.45, 7) is 9.79. The van der Waals surface area contributed by atoms with E-state index in [1.807, 2.05) is 52.0 Å². The van der Waals surface area contributed by atoms with Crippen LogP contribution >= 0.6 is 0 Å². The van der Waals surface area contributed by atoms with Crippen molar-refractivity contribution in [3.63, 3.8) is 0 Å². The van der Waals surface area contributed by atoms with Crippen LogP contribution in [0.25, 0.3) is 0 Å². The molecular formula is C24H33N5O3. The Bertz CT molecular complexity index is 913. The van der Waals surface area contributed by atoms with Crippen LogP contribution < -0.4 is 10.2 Å². The van der Waals surface area contributed by atoms with Crippen LogP contribution in [0.3, 0.4) is 0 Å². The molecule has 0 aliphatic carbocycles. The molecule has 8 nitrogen and oxygen atoms in total. The molecule has 3 rings (SSSR count). The second kappa shape index (κ2) is 10.4. The molecule has 1 aliphatic rings. The number of amides is 2. The molecule has 0 spiro atoms. The van der Waals surface area contributed by atoms with Gasteiger partial charge in [0, 0.05) is 37.7 Å². The van der Waals surface area contributed by atoms with Gasteiger partial charge in [0.1, 0.15) is 11.4 Å². The van der Waals surface area contributed by atoms with Crippen molar-refractivity contribution in [2.45, 2.75) is 52.7 Å². The van der Waals surface area contributed by atoms with Crippen LogP contribution in [0, 0.1) is 5.92 Å². The van der Waals surface area contributed by atoms with Gasteiger partial charge in [-0.2, -0.15) is 0 Å². The van der Waals surface area contributed by atoms with Crippen molar-refractivity contribution in [3.8, 4) is 0 Å². The van der Waals surface area contributed by atoms with Crippen molar-refractivity contribution >= 4 is 23.5 Å². The fraction of sp³-hybridized carbons (Fsp3) is 0.500. The van der Waals surface area contributed by atoms with Gasteiger partial charge in [0.05, 0.1) is 18.7 Å². The van der Waals surface area contributed by atoms with Gasteiger partial charge in [0.2, 0.25) is 5.91 Å². The number of carbonyl (C=O) groups excluding carboxylic acids is 2. The van der Waals surface area contributed by atoms with E-state index < -0.39 is 5.60 Å². The highest BCUT2D eigenvalue weighted by molar-refractivity contribution is 5.93. The third kappa shape index (κ3) is 6.42. The summed E-state index contributed by atoms with van der Waals surface area (Å²) in [6, 6.07) is 7.59. The van der Waals surface area contributed by atoms with Crippen molar-refractivity contribution in [2.24, 2.45) is 5.92 Å². The Balaban J connectivity index is 1.67. The van der Waals surface area contributed by atoms with Gasteiger partial charge in [-0.1, -0.05) is 18.2 Å². The number of ether oxygens (including phenoxy) is 1. The number of para-hydroxylation sites is 1. The highest BCUT2D eigenvalue weighted by Gasteiger charge is 2.27. The number of hydrogen-bond acceptors (Lipinski definition) is 6. The highest BCUT2D eigenvalue weighted by atomic mass is 16.6. The molecule has 1 aromatic heterocycles. The largest absolute Gasteiger partial charge is 0.444 e. The Morgan fingerprint density at radius 3 is 2.72 bits per heavy atom. The summed E-state index contributed by atoms with van der Waals surface area (Å²) in [5.41, 5.74) is 1.03. The first-order chi connectivity index (χ1) is 15.3. The van der Waals surface area contributed by atoms with Crippen LogP contribution in [0.5, 0.6) is 0 Å². The Labute approximate surface area is 190 Å². The number of benzene rings is 1. The fourth-order valence-corrected chi connectivity index (χ4v) is 3.71. The maximum absolute atomic E-state index is 13.1. The van der Waals surface area contributed by atoms with Crippen molar-refractivity contribution < 1.29 is 14.3 Å². The second-order valence-electron chi connectivity index (χ2n) is 8.99. The van der Waals surface area contributed by atoms with Crippen LogP contribution in [0.15, 0.2) is 42.9 Å². The van der Waals surface area contributed by atoms with Gasteiger partial charge >= 0.3 is 6.09 Å². The minimum absolute atomic E-state index is 0.0219. The summed E-state index contributed by atoms with van der Waals surface area (Å²) in [7, 11) is 0. The van der Waals surface area contributed by atoms with Gasteiger partial charge in [-0.15, -0.1) is 0 Å². The second-order valence-corrected chi connectivity index (χ2v) is 8.99. The summed E-state index contributed by atoms with van der Waals surface area (Å²) >= 11 is 0. The zero-order valence-electron chi connectivity index (χ0n) is 19.4. The lowest BCUT2D eigenvalue weighted by atomic mass is 9.97. The normalized spacial score (nSPS) is 16.4. The zero-order chi connectivity index (χ0) is 23.1. The maximum Gasteiger partial charge on any atom is 0.410 e. The number of rotatable bonds is 6. The summed E-state index contributed by atoms with van der Waals surface area (Å²) < 4.78 is 5.52. The minimum atomic E-state index is -0.561. The SMILES string of the molecule is CCN(Cc1ccccc1NC(=O)C1CCCN(c2cnccn2)C1)C(=O)OC(C)(C)C. The molecule has 32 heavy (non-hydrogen) atoms. The van der Waals surface area contributed by atoms with E-state index in [4.69, 9.17) is 4.74 Å². The van der Waals surface area contributed by atoms with Crippen molar-refractivity contribution in [2.75, 3.05) is 29.9 Å². The molecular weight excluding hydrogens is 406 g/mol. The smallest absolute Gasteiger partial charge is 0.410 e. The number of nitrogens with one attached hydrogen (secondary N) is 1. The monoisotopic (exact) mass is 439 g/mol. The molecule has 0 bridgehead atoms. The van der Waals surface area contributed by atoms with Gasteiger partial charge in [-0.05, 0) is 52.2 Å². The number of piperidine rings is 1. The maximum atomic E-state index is 13.1. The summed E-state index contributed by atoms with van der Waals surface area (Å²) in [4.78, 5) is 37.9. The van der Waals surface area contributed by atoms with Crippen molar-refractivity contribution in [1.82, 2.24) is 14.9 Å². The number of aromatic nitrogens is 2. The number of anilines is 2. The van der Waals surface area contributed by atoms with Gasteiger partial charge in [-0.3, -0.25) is 9.78 Å². The molecule has 1 aliphatic heterocycles. The van der Waals surface area contributed by atoms with Crippen molar-refractivity contribution in [1.29, 1.82) is 0 Å². The van der Waals surface area contributed by atoms with Gasteiger partial charge in [0.15, 0.2) is 0 Å². The third-order valence-electron chi connectivity index (χ3n) is 5.34. The Hall–Kier alpha value is -3.16. The molecule has 1 atom stereocenters. The van der Waals surface area contributed by atoms with Crippen LogP contribution in [-0.4, -0.2) is 52.1 Å². The molecule has 0 saturated carbocycles. The first-order valence-corrected chi connectivity index (χ1v) is 11.1. The average Bonchev–Trinajstić information content (AvgIpc) is 2.78. The topological polar surface area (TPSA) is 87.7 Å². The van der Waals surface area contributed by atoms with Gasteiger partial charge < -0.3 is 19.9 Å². The number of hydrogen-bond donors (Lipinski definition) is 1. The van der Waals surface area contributed by atoms with E-state index in [-0.39, 0.29) is 17.9 Å².